The van der Waals surface area contributed by atoms with Gasteiger partial charge in [-0.1, -0.05) is 48.4 Å². The van der Waals surface area contributed by atoms with E-state index in [0.717, 1.165) is 15.4 Å². The van der Waals surface area contributed by atoms with E-state index in [0.29, 0.717) is 11.4 Å². The molecule has 7 nitrogen and oxygen atoms in total. The van der Waals surface area contributed by atoms with Crippen molar-refractivity contribution in [2.75, 3.05) is 13.6 Å². The normalized spacial score (nSPS) is 12.6. The van der Waals surface area contributed by atoms with Crippen molar-refractivity contribution in [1.82, 2.24) is 14.5 Å². The second-order valence-corrected chi connectivity index (χ2v) is 10.8. The first-order chi connectivity index (χ1) is 15.4. The largest absolute Gasteiger partial charge is 0.352 e. The molecule has 0 fully saturated rings. The third kappa shape index (κ3) is 7.28. The molecule has 0 aromatic heterocycles. The van der Waals surface area contributed by atoms with Gasteiger partial charge in [-0.05, 0) is 57.0 Å². The van der Waals surface area contributed by atoms with Crippen LogP contribution < -0.4 is 5.32 Å². The highest BCUT2D eigenvalue weighted by Crippen LogP contribution is 2.18. The number of aryl methyl sites for hydroxylation is 1. The zero-order chi connectivity index (χ0) is 24.8. The molecule has 0 heterocycles. The van der Waals surface area contributed by atoms with Gasteiger partial charge in [0.15, 0.2) is 0 Å². The number of halogens is 1. The number of carbonyl (C=O) groups is 2. The first-order valence-electron chi connectivity index (χ1n) is 10.8. The van der Waals surface area contributed by atoms with Crippen molar-refractivity contribution in [2.45, 2.75) is 57.6 Å². The number of benzene rings is 2. The summed E-state index contributed by atoms with van der Waals surface area (Å²) in [6.45, 7) is 7.13. The van der Waals surface area contributed by atoms with Crippen molar-refractivity contribution in [3.63, 3.8) is 0 Å². The third-order valence-corrected chi connectivity index (χ3v) is 7.24. The second kappa shape index (κ2) is 11.6. The summed E-state index contributed by atoms with van der Waals surface area (Å²) in [7, 11) is -2.50. The summed E-state index contributed by atoms with van der Waals surface area (Å²) >= 11 is 5.98. The molecule has 2 amide bonds. The summed E-state index contributed by atoms with van der Waals surface area (Å²) in [4.78, 5) is 27.8. The number of carbonyl (C=O) groups excluding carboxylic acids is 2. The van der Waals surface area contributed by atoms with Crippen LogP contribution in [0, 0.1) is 6.92 Å². The number of amides is 2. The van der Waals surface area contributed by atoms with E-state index in [4.69, 9.17) is 11.6 Å². The second-order valence-electron chi connectivity index (χ2n) is 8.31. The van der Waals surface area contributed by atoms with Crippen LogP contribution in [0.15, 0.2) is 53.4 Å². The van der Waals surface area contributed by atoms with E-state index < -0.39 is 28.5 Å². The SMILES string of the molecule is CCC(C(=O)NC(C)C)N(Cc1ccc(Cl)cc1)C(=O)CN(C)S(=O)(=O)c1ccc(C)cc1. The number of nitrogens with one attached hydrogen (secondary N) is 1. The Labute approximate surface area is 201 Å². The first kappa shape index (κ1) is 26.8. The van der Waals surface area contributed by atoms with Crippen LogP contribution in [0.5, 0.6) is 0 Å². The van der Waals surface area contributed by atoms with E-state index in [1.165, 1.54) is 24.1 Å². The van der Waals surface area contributed by atoms with Crippen LogP contribution in [-0.4, -0.2) is 55.1 Å². The molecule has 0 radical (unpaired) electrons. The lowest BCUT2D eigenvalue weighted by molar-refractivity contribution is -0.141. The molecule has 0 aliphatic carbocycles. The van der Waals surface area contributed by atoms with Gasteiger partial charge in [-0.2, -0.15) is 4.31 Å². The average molecular weight is 494 g/mol. The van der Waals surface area contributed by atoms with Gasteiger partial charge in [0.25, 0.3) is 0 Å². The monoisotopic (exact) mass is 493 g/mol. The molecular weight excluding hydrogens is 462 g/mol. The Hall–Kier alpha value is -2.42. The summed E-state index contributed by atoms with van der Waals surface area (Å²) in [6.07, 6.45) is 0.381. The van der Waals surface area contributed by atoms with E-state index in [2.05, 4.69) is 5.32 Å². The molecule has 1 unspecified atom stereocenters. The van der Waals surface area contributed by atoms with Crippen LogP contribution in [-0.2, 0) is 26.2 Å². The molecule has 0 aliphatic heterocycles. The molecule has 0 spiro atoms. The van der Waals surface area contributed by atoms with Gasteiger partial charge in [0, 0.05) is 24.7 Å². The Bertz CT molecular complexity index is 1050. The van der Waals surface area contributed by atoms with Crippen molar-refractivity contribution < 1.29 is 18.0 Å². The summed E-state index contributed by atoms with van der Waals surface area (Å²) in [6, 6.07) is 12.6. The fourth-order valence-electron chi connectivity index (χ4n) is 3.34. The van der Waals surface area contributed by atoms with Crippen LogP contribution in [0.2, 0.25) is 5.02 Å². The summed E-state index contributed by atoms with van der Waals surface area (Å²) in [5, 5.41) is 3.41. The molecule has 1 atom stereocenters. The minimum atomic E-state index is -3.87. The molecular formula is C24H32ClN3O4S. The minimum Gasteiger partial charge on any atom is -0.352 e. The van der Waals surface area contributed by atoms with Crippen molar-refractivity contribution in [3.05, 3.63) is 64.7 Å². The fourth-order valence-corrected chi connectivity index (χ4v) is 4.59. The Kier molecular flexibility index (Phi) is 9.46. The molecule has 0 saturated heterocycles. The van der Waals surface area contributed by atoms with Crippen LogP contribution in [0.25, 0.3) is 0 Å². The van der Waals surface area contributed by atoms with Gasteiger partial charge in [0.1, 0.15) is 6.04 Å². The van der Waals surface area contributed by atoms with Gasteiger partial charge < -0.3 is 10.2 Å². The molecule has 0 aliphatic rings. The molecule has 2 rings (SSSR count). The van der Waals surface area contributed by atoms with Crippen LogP contribution in [0.3, 0.4) is 0 Å². The molecule has 2 aromatic rings. The van der Waals surface area contributed by atoms with Gasteiger partial charge in [0.05, 0.1) is 11.4 Å². The molecule has 0 bridgehead atoms. The standard InChI is InChI=1S/C24H32ClN3O4S/c1-6-22(24(30)26-17(2)3)28(15-19-9-11-20(25)12-10-19)23(29)16-27(5)33(31,32)21-13-7-18(4)8-14-21/h7-14,17,22H,6,15-16H2,1-5H3,(H,26,30). The van der Waals surface area contributed by atoms with E-state index >= 15 is 0 Å². The van der Waals surface area contributed by atoms with E-state index in [9.17, 15) is 18.0 Å². The maximum atomic E-state index is 13.4. The van der Waals surface area contributed by atoms with Gasteiger partial charge in [0.2, 0.25) is 21.8 Å². The zero-order valence-electron chi connectivity index (χ0n) is 19.7. The highest BCUT2D eigenvalue weighted by molar-refractivity contribution is 7.89. The van der Waals surface area contributed by atoms with E-state index in [1.807, 2.05) is 27.7 Å². The lowest BCUT2D eigenvalue weighted by Crippen LogP contribution is -2.52. The molecule has 1 N–H and O–H groups in total. The van der Waals surface area contributed by atoms with Gasteiger partial charge >= 0.3 is 0 Å². The highest BCUT2D eigenvalue weighted by atomic mass is 35.5. The van der Waals surface area contributed by atoms with E-state index in [1.54, 1.807) is 36.4 Å². The number of hydrogen-bond donors (Lipinski definition) is 1. The van der Waals surface area contributed by atoms with Gasteiger partial charge in [-0.3, -0.25) is 9.59 Å². The molecule has 180 valence electrons. The Morgan fingerprint density at radius 2 is 1.61 bits per heavy atom. The average Bonchev–Trinajstić information content (AvgIpc) is 2.74. The first-order valence-corrected chi connectivity index (χ1v) is 12.6. The number of sulfonamides is 1. The smallest absolute Gasteiger partial charge is 0.243 e. The maximum absolute atomic E-state index is 13.4. The van der Waals surface area contributed by atoms with Crippen molar-refractivity contribution >= 4 is 33.4 Å². The van der Waals surface area contributed by atoms with E-state index in [-0.39, 0.29) is 23.4 Å². The maximum Gasteiger partial charge on any atom is 0.243 e. The van der Waals surface area contributed by atoms with Crippen molar-refractivity contribution in [3.8, 4) is 0 Å². The lowest BCUT2D eigenvalue weighted by Gasteiger charge is -2.32. The Balaban J connectivity index is 2.31. The summed E-state index contributed by atoms with van der Waals surface area (Å²) in [5.41, 5.74) is 1.72. The summed E-state index contributed by atoms with van der Waals surface area (Å²) < 4.78 is 27.0. The van der Waals surface area contributed by atoms with Crippen molar-refractivity contribution in [1.29, 1.82) is 0 Å². The number of nitrogens with zero attached hydrogens (tertiary/aromatic N) is 2. The van der Waals surface area contributed by atoms with Gasteiger partial charge in [-0.15, -0.1) is 0 Å². The van der Waals surface area contributed by atoms with Crippen LogP contribution in [0.1, 0.15) is 38.3 Å². The predicted octanol–water partition coefficient (Wildman–Crippen LogP) is 3.60. The van der Waals surface area contributed by atoms with Crippen LogP contribution in [0.4, 0.5) is 0 Å². The molecule has 2 aromatic carbocycles. The molecule has 33 heavy (non-hydrogen) atoms. The Morgan fingerprint density at radius 1 is 1.03 bits per heavy atom. The third-order valence-electron chi connectivity index (χ3n) is 5.17. The molecule has 0 saturated carbocycles. The highest BCUT2D eigenvalue weighted by Gasteiger charge is 2.32. The fraction of sp³-hybridized carbons (Fsp3) is 0.417. The van der Waals surface area contributed by atoms with Crippen LogP contribution >= 0.6 is 11.6 Å². The number of rotatable bonds is 10. The number of likely N-dealkylation sites (N-methyl/N-ethyl adjacent to an activating group) is 1. The Morgan fingerprint density at radius 3 is 2.12 bits per heavy atom. The minimum absolute atomic E-state index is 0.0939. The zero-order valence-corrected chi connectivity index (χ0v) is 21.3. The quantitative estimate of drug-likeness (QED) is 0.547. The summed E-state index contributed by atoms with van der Waals surface area (Å²) in [5.74, 6) is -0.743. The lowest BCUT2D eigenvalue weighted by atomic mass is 10.1. The predicted molar refractivity (Wildman–Crippen MR) is 130 cm³/mol. The van der Waals surface area contributed by atoms with Crippen molar-refractivity contribution in [2.24, 2.45) is 0 Å². The molecule has 9 heteroatoms. The number of hydrogen-bond acceptors (Lipinski definition) is 4. The topological polar surface area (TPSA) is 86.8 Å². The van der Waals surface area contributed by atoms with Gasteiger partial charge in [-0.25, -0.2) is 8.42 Å².